The van der Waals surface area contributed by atoms with E-state index in [0.717, 1.165) is 22.1 Å². The van der Waals surface area contributed by atoms with Gasteiger partial charge in [0.25, 0.3) is 0 Å². The van der Waals surface area contributed by atoms with Crippen molar-refractivity contribution in [2.75, 3.05) is 10.6 Å². The number of aromatic nitrogens is 6. The summed E-state index contributed by atoms with van der Waals surface area (Å²) in [5.41, 5.74) is 7.25. The molecule has 2 aliphatic rings. The number of pyridine rings is 2. The number of anilines is 2. The number of aliphatic imine (C=N–C) groups is 2. The average Bonchev–Trinajstić information content (AvgIpc) is 3.88. The van der Waals surface area contributed by atoms with Crippen LogP contribution in [0.1, 0.15) is 33.6 Å². The minimum absolute atomic E-state index is 0.457. The highest BCUT2D eigenvalue weighted by Gasteiger charge is 2.65. The molecule has 0 aliphatic carbocycles. The predicted molar refractivity (Wildman–Crippen MR) is 199 cm³/mol. The number of imidazole rings is 2. The summed E-state index contributed by atoms with van der Waals surface area (Å²) in [6, 6.07) is 19.8. The van der Waals surface area contributed by atoms with Crippen molar-refractivity contribution >= 4 is 57.8 Å². The number of carboxylic acids is 2. The van der Waals surface area contributed by atoms with Gasteiger partial charge in [-0.15, -0.1) is 0 Å². The molecule has 0 saturated carbocycles. The van der Waals surface area contributed by atoms with Gasteiger partial charge in [0.2, 0.25) is 35.1 Å². The van der Waals surface area contributed by atoms with E-state index in [0.29, 0.717) is 35.2 Å². The first kappa shape index (κ1) is 40.4. The zero-order valence-corrected chi connectivity index (χ0v) is 30.6. The number of carboxylic acid groups (broad SMARTS) is 2. The highest BCUT2D eigenvalue weighted by molar-refractivity contribution is 6.01. The van der Waals surface area contributed by atoms with Gasteiger partial charge in [-0.1, -0.05) is 12.1 Å². The summed E-state index contributed by atoms with van der Waals surface area (Å²) in [7, 11) is 0. The summed E-state index contributed by atoms with van der Waals surface area (Å²) >= 11 is 0. The maximum absolute atomic E-state index is 10.6. The fourth-order valence-electron chi connectivity index (χ4n) is 5.90. The Bertz CT molecular complexity index is 2360. The van der Waals surface area contributed by atoms with Crippen molar-refractivity contribution in [3.8, 4) is 0 Å². The maximum atomic E-state index is 10.6. The van der Waals surface area contributed by atoms with Crippen LogP contribution in [0.15, 0.2) is 83.0 Å². The van der Waals surface area contributed by atoms with Crippen LogP contribution >= 0.6 is 0 Å². The van der Waals surface area contributed by atoms with E-state index in [1.807, 2.05) is 36.4 Å². The van der Waals surface area contributed by atoms with E-state index >= 15 is 0 Å². The third-order valence-electron chi connectivity index (χ3n) is 8.91. The first-order chi connectivity index (χ1) is 27.2. The number of fused-ring (bicyclic) bond motifs is 3. The second-order valence-corrected chi connectivity index (χ2v) is 13.0. The lowest BCUT2D eigenvalue weighted by molar-refractivity contribution is -0.193. The quantitative estimate of drug-likeness (QED) is 0.0977. The van der Waals surface area contributed by atoms with Gasteiger partial charge in [0.05, 0.1) is 33.5 Å². The third kappa shape index (κ3) is 8.01. The Balaban J connectivity index is 0.000000349. The topological polar surface area (TPSA) is 231 Å². The average molecular weight is 811 g/mol. The van der Waals surface area contributed by atoms with Gasteiger partial charge in [0, 0.05) is 12.4 Å². The molecule has 6 heterocycles. The van der Waals surface area contributed by atoms with Crippen LogP contribution in [0.2, 0.25) is 0 Å². The Hall–Kier alpha value is -7.26. The fourth-order valence-corrected chi connectivity index (χ4v) is 5.90. The predicted octanol–water partition coefficient (Wildman–Crippen LogP) is 5.88. The molecule has 0 atom stereocenters. The number of alkyl halides is 6. The normalized spacial score (nSPS) is 18.4. The fraction of sp³-hybridized carbons (Fsp3) is 0.222. The van der Waals surface area contributed by atoms with Gasteiger partial charge < -0.3 is 30.8 Å². The number of aromatic amines is 2. The van der Waals surface area contributed by atoms with Gasteiger partial charge in [-0.3, -0.25) is 20.6 Å². The minimum atomic E-state index is -5.08. The number of aryl methyl sites for hydroxylation is 4. The molecule has 302 valence electrons. The molecule has 0 fully saturated rings. The molecule has 0 spiro atoms. The van der Waals surface area contributed by atoms with E-state index in [1.165, 1.54) is 22.3 Å². The Morgan fingerprint density at radius 2 is 1.00 bits per heavy atom. The van der Waals surface area contributed by atoms with Crippen LogP contribution < -0.4 is 21.3 Å². The van der Waals surface area contributed by atoms with Crippen LogP contribution in [0.25, 0.3) is 22.1 Å². The summed E-state index contributed by atoms with van der Waals surface area (Å²) in [5.74, 6) is -3.49. The van der Waals surface area contributed by atoms with Gasteiger partial charge in [-0.05, 0) is 98.5 Å². The van der Waals surface area contributed by atoms with E-state index in [4.69, 9.17) is 49.7 Å². The number of hydrogen-bond acceptors (Lipinski definition) is 12. The molecule has 0 amide bonds. The monoisotopic (exact) mass is 810 g/mol. The molecule has 8 rings (SSSR count). The van der Waals surface area contributed by atoms with E-state index in [1.54, 1.807) is 12.4 Å². The molecule has 4 aromatic heterocycles. The van der Waals surface area contributed by atoms with Crippen LogP contribution in [0.3, 0.4) is 0 Å². The number of hydrogen-bond donors (Lipinski definition) is 8. The highest BCUT2D eigenvalue weighted by Crippen LogP contribution is 2.48. The largest absolute Gasteiger partial charge is 0.490 e. The molecule has 6 aromatic rings. The standard InChI is InChI=1S/C32H30N12.2C2HF3O2/c1-17-13-21-22(14-18(17)2)36-27(35-21)39-29-41-31(25-9-5-7-11-33-25)32(42-29,26-10-6-8-12-34-26)44-30(43-31)40-28-37-23-15-19(3)20(4)16-24(23)38-28;2*3-2(4,5)1(6)7/h5-16H,1-4H3,(H3,35,36,39,41,42)(H3,37,38,40,43,44);2*(H,6,7). The molecule has 16 nitrogen and oxygen atoms in total. The van der Waals surface area contributed by atoms with E-state index in [9.17, 15) is 26.3 Å². The van der Waals surface area contributed by atoms with Crippen molar-refractivity contribution in [2.45, 2.75) is 51.4 Å². The number of benzene rings is 2. The van der Waals surface area contributed by atoms with Crippen molar-refractivity contribution in [1.82, 2.24) is 40.5 Å². The van der Waals surface area contributed by atoms with Gasteiger partial charge in [0.15, 0.2) is 0 Å². The lowest BCUT2D eigenvalue weighted by Gasteiger charge is -2.35. The molecule has 0 radical (unpaired) electrons. The Morgan fingerprint density at radius 1 is 0.621 bits per heavy atom. The second kappa shape index (κ2) is 15.0. The molecule has 2 aliphatic heterocycles. The van der Waals surface area contributed by atoms with Crippen molar-refractivity contribution in [1.29, 1.82) is 0 Å². The summed E-state index contributed by atoms with van der Waals surface area (Å²) in [6.45, 7) is 8.33. The van der Waals surface area contributed by atoms with Crippen LogP contribution in [-0.2, 0) is 20.9 Å². The van der Waals surface area contributed by atoms with Gasteiger partial charge in [0.1, 0.15) is 0 Å². The Labute approximate surface area is 323 Å². The molecule has 0 unspecified atom stereocenters. The Kier molecular flexibility index (Phi) is 10.5. The number of guanidine groups is 2. The van der Waals surface area contributed by atoms with Crippen LogP contribution in [0, 0.1) is 27.7 Å². The lowest BCUT2D eigenvalue weighted by Crippen LogP contribution is -2.61. The van der Waals surface area contributed by atoms with Gasteiger partial charge in [-0.2, -0.15) is 26.3 Å². The zero-order chi connectivity index (χ0) is 42.2. The number of nitrogens with zero attached hydrogens (tertiary/aromatic N) is 6. The molecule has 0 bridgehead atoms. The lowest BCUT2D eigenvalue weighted by atomic mass is 9.88. The van der Waals surface area contributed by atoms with Crippen molar-refractivity contribution < 1.29 is 46.1 Å². The summed E-state index contributed by atoms with van der Waals surface area (Å²) in [6.07, 6.45) is -6.68. The summed E-state index contributed by atoms with van der Waals surface area (Å²) in [5, 5.41) is 28.1. The molecular weight excluding hydrogens is 778 g/mol. The van der Waals surface area contributed by atoms with Crippen LogP contribution in [0.4, 0.5) is 38.2 Å². The molecule has 0 saturated heterocycles. The van der Waals surface area contributed by atoms with E-state index < -0.39 is 35.6 Å². The smallest absolute Gasteiger partial charge is 0.475 e. The van der Waals surface area contributed by atoms with Crippen molar-refractivity contribution in [3.63, 3.8) is 0 Å². The first-order valence-corrected chi connectivity index (χ1v) is 16.9. The van der Waals surface area contributed by atoms with Crippen LogP contribution in [0.5, 0.6) is 0 Å². The molecule has 2 aromatic carbocycles. The van der Waals surface area contributed by atoms with Crippen LogP contribution in [-0.4, -0.2) is 76.3 Å². The number of aliphatic carboxylic acids is 2. The highest BCUT2D eigenvalue weighted by atomic mass is 19.4. The third-order valence-corrected chi connectivity index (χ3v) is 8.91. The number of halogens is 6. The summed E-state index contributed by atoms with van der Waals surface area (Å²) in [4.78, 5) is 53.9. The van der Waals surface area contributed by atoms with Crippen molar-refractivity contribution in [2.24, 2.45) is 9.98 Å². The summed E-state index contributed by atoms with van der Waals surface area (Å²) < 4.78 is 63.5. The molecule has 58 heavy (non-hydrogen) atoms. The molecule has 22 heteroatoms. The van der Waals surface area contributed by atoms with E-state index in [-0.39, 0.29) is 0 Å². The molecule has 8 N–H and O–H groups in total. The first-order valence-electron chi connectivity index (χ1n) is 16.9. The zero-order valence-electron chi connectivity index (χ0n) is 30.6. The van der Waals surface area contributed by atoms with Gasteiger partial charge in [-0.25, -0.2) is 29.5 Å². The molecular formula is C36H32F6N12O4. The number of carbonyl (C=O) groups is 2. The van der Waals surface area contributed by atoms with Gasteiger partial charge >= 0.3 is 24.3 Å². The SMILES string of the molecule is Cc1cc2nc(NC3=NC4(c5ccccn5)N=C(Nc5nc6cc(C)c(C)cc6[nH]5)NC4(c4ccccn4)N3)[nH]c2cc1C.O=C(O)C(F)(F)F.O=C(O)C(F)(F)F. The number of nitrogens with one attached hydrogen (secondary N) is 6. The second-order valence-electron chi connectivity index (χ2n) is 13.0. The minimum Gasteiger partial charge on any atom is -0.475 e. The Morgan fingerprint density at radius 3 is 1.36 bits per heavy atom. The van der Waals surface area contributed by atoms with Crippen molar-refractivity contribution in [3.05, 3.63) is 107 Å². The maximum Gasteiger partial charge on any atom is 0.490 e. The van der Waals surface area contributed by atoms with E-state index in [2.05, 4.69) is 83.2 Å². The number of H-pyrrole nitrogens is 2. The number of rotatable bonds is 4.